The predicted molar refractivity (Wildman–Crippen MR) is 99.4 cm³/mol. The number of likely N-dealkylation sites (N-methyl/N-ethyl adjacent to an activating group) is 2. The van der Waals surface area contributed by atoms with Crippen molar-refractivity contribution >= 4 is 8.32 Å². The summed E-state index contributed by atoms with van der Waals surface area (Å²) in [6.07, 6.45) is -0.973. The Morgan fingerprint density at radius 2 is 1.30 bits per heavy atom. The van der Waals surface area contributed by atoms with Crippen molar-refractivity contribution in [2.45, 2.75) is 51.1 Å². The lowest BCUT2D eigenvalue weighted by molar-refractivity contribution is 0.0728. The van der Waals surface area contributed by atoms with Crippen molar-refractivity contribution in [1.82, 2.24) is 9.80 Å². The molecule has 142 valence electrons. The molecule has 0 aliphatic carbocycles. The molecule has 0 saturated carbocycles. The van der Waals surface area contributed by atoms with E-state index in [1.54, 1.807) is 0 Å². The maximum Gasteiger partial charge on any atom is 0.192 e. The van der Waals surface area contributed by atoms with Gasteiger partial charge in [-0.05, 0) is 46.3 Å². The molecule has 0 radical (unpaired) electrons. The molecule has 2 atom stereocenters. The van der Waals surface area contributed by atoms with Gasteiger partial charge < -0.3 is 29.5 Å². The summed E-state index contributed by atoms with van der Waals surface area (Å²) in [4.78, 5) is 3.79. The van der Waals surface area contributed by atoms with Crippen molar-refractivity contribution in [2.75, 3.05) is 54.5 Å². The van der Waals surface area contributed by atoms with Crippen LogP contribution in [-0.2, 0) is 4.43 Å². The van der Waals surface area contributed by atoms with Crippen LogP contribution < -0.4 is 0 Å². The first-order valence-corrected chi connectivity index (χ1v) is 11.0. The summed E-state index contributed by atoms with van der Waals surface area (Å²) in [6, 6.07) is 0. The maximum atomic E-state index is 9.70. The largest absolute Gasteiger partial charge is 0.414 e. The van der Waals surface area contributed by atoms with Gasteiger partial charge in [-0.15, -0.1) is 0 Å². The molecule has 0 rings (SSSR count). The Morgan fingerprint density at radius 1 is 0.913 bits per heavy atom. The third-order valence-corrected chi connectivity index (χ3v) is 8.31. The molecule has 0 saturated heterocycles. The van der Waals surface area contributed by atoms with E-state index in [0.717, 1.165) is 0 Å². The molecule has 0 fully saturated rings. The van der Waals surface area contributed by atoms with Crippen LogP contribution in [0.15, 0.2) is 0 Å². The lowest BCUT2D eigenvalue weighted by Gasteiger charge is -2.36. The van der Waals surface area contributed by atoms with Gasteiger partial charge in [-0.1, -0.05) is 20.8 Å². The highest BCUT2D eigenvalue weighted by Gasteiger charge is 2.37. The van der Waals surface area contributed by atoms with Crippen LogP contribution in [0.4, 0.5) is 0 Å². The molecule has 3 N–H and O–H groups in total. The third-order valence-electron chi connectivity index (χ3n) is 3.81. The fourth-order valence-electron chi connectivity index (χ4n) is 1.47. The van der Waals surface area contributed by atoms with Crippen LogP contribution in [-0.4, -0.2) is 100 Å². The van der Waals surface area contributed by atoms with E-state index in [1.165, 1.54) is 0 Å². The van der Waals surface area contributed by atoms with Crippen LogP contribution >= 0.6 is 0 Å². The summed E-state index contributed by atoms with van der Waals surface area (Å²) in [5, 5.41) is 27.0. The SMILES string of the molecule is CN(C)CC(O)CO.CN(C)CC(O)CO[Si](C)(C)C(C)(C)C. The summed E-state index contributed by atoms with van der Waals surface area (Å²) in [7, 11) is 5.90. The molecule has 6 nitrogen and oxygen atoms in total. The van der Waals surface area contributed by atoms with Gasteiger partial charge in [0, 0.05) is 13.1 Å². The van der Waals surface area contributed by atoms with E-state index >= 15 is 0 Å². The van der Waals surface area contributed by atoms with Crippen LogP contribution in [0.2, 0.25) is 18.1 Å². The van der Waals surface area contributed by atoms with Gasteiger partial charge in [0.15, 0.2) is 8.32 Å². The minimum absolute atomic E-state index is 0.155. The highest BCUT2D eigenvalue weighted by Crippen LogP contribution is 2.36. The molecule has 0 bridgehead atoms. The van der Waals surface area contributed by atoms with Crippen LogP contribution in [0.25, 0.3) is 0 Å². The number of rotatable bonds is 8. The van der Waals surface area contributed by atoms with Gasteiger partial charge in [-0.2, -0.15) is 0 Å². The molecular weight excluding hydrogens is 312 g/mol. The van der Waals surface area contributed by atoms with Gasteiger partial charge >= 0.3 is 0 Å². The summed E-state index contributed by atoms with van der Waals surface area (Å²) in [5.74, 6) is 0. The molecule has 0 aromatic rings. The molecule has 0 aromatic carbocycles. The van der Waals surface area contributed by atoms with Crippen LogP contribution in [0.1, 0.15) is 20.8 Å². The van der Waals surface area contributed by atoms with Crippen molar-refractivity contribution in [3.63, 3.8) is 0 Å². The second-order valence-corrected chi connectivity index (χ2v) is 12.9. The quantitative estimate of drug-likeness (QED) is 0.562. The van der Waals surface area contributed by atoms with Crippen LogP contribution in [0.3, 0.4) is 0 Å². The van der Waals surface area contributed by atoms with Gasteiger partial charge in [-0.25, -0.2) is 0 Å². The molecule has 0 aliphatic rings. The summed E-state index contributed by atoms with van der Waals surface area (Å²) < 4.78 is 5.92. The van der Waals surface area contributed by atoms with Crippen molar-refractivity contribution in [3.05, 3.63) is 0 Å². The van der Waals surface area contributed by atoms with Crippen molar-refractivity contribution in [3.8, 4) is 0 Å². The van der Waals surface area contributed by atoms with Gasteiger partial charge in [0.25, 0.3) is 0 Å². The topological polar surface area (TPSA) is 76.4 Å². The average molecular weight is 353 g/mol. The lowest BCUT2D eigenvalue weighted by Crippen LogP contribution is -2.43. The van der Waals surface area contributed by atoms with E-state index in [9.17, 15) is 5.11 Å². The molecule has 0 heterocycles. The van der Waals surface area contributed by atoms with E-state index in [1.807, 2.05) is 38.0 Å². The summed E-state index contributed by atoms with van der Waals surface area (Å²) in [5.41, 5.74) is 0. The van der Waals surface area contributed by atoms with Crippen LogP contribution in [0.5, 0.6) is 0 Å². The molecule has 23 heavy (non-hydrogen) atoms. The van der Waals surface area contributed by atoms with Crippen molar-refractivity contribution in [2.24, 2.45) is 0 Å². The van der Waals surface area contributed by atoms with E-state index in [4.69, 9.17) is 14.6 Å². The summed E-state index contributed by atoms with van der Waals surface area (Å²) >= 11 is 0. The molecule has 0 amide bonds. The van der Waals surface area contributed by atoms with E-state index in [-0.39, 0.29) is 17.7 Å². The molecule has 0 aliphatic heterocycles. The van der Waals surface area contributed by atoms with Gasteiger partial charge in [0.05, 0.1) is 25.4 Å². The standard InChI is InChI=1S/C11H27NO2Si.C5H13NO2/c1-11(2,3)15(6,7)14-9-10(13)8-12(4)5;1-6(2)3-5(8)4-7/h10,13H,8-9H2,1-7H3;5,7-8H,3-4H2,1-2H3. The zero-order valence-corrected chi connectivity index (χ0v) is 17.6. The highest BCUT2D eigenvalue weighted by molar-refractivity contribution is 6.74. The Hall–Kier alpha value is -0.0231. The first-order valence-electron chi connectivity index (χ1n) is 8.13. The number of aliphatic hydroxyl groups excluding tert-OH is 3. The highest BCUT2D eigenvalue weighted by atomic mass is 28.4. The molecule has 2 unspecified atom stereocenters. The Kier molecular flexibility index (Phi) is 12.6. The Morgan fingerprint density at radius 3 is 1.57 bits per heavy atom. The second-order valence-electron chi connectivity index (χ2n) is 8.09. The van der Waals surface area contributed by atoms with Crippen molar-refractivity contribution in [1.29, 1.82) is 0 Å². The van der Waals surface area contributed by atoms with E-state index in [2.05, 4.69) is 33.9 Å². The van der Waals surface area contributed by atoms with Crippen LogP contribution in [0, 0.1) is 0 Å². The number of nitrogens with zero attached hydrogens (tertiary/aromatic N) is 2. The fraction of sp³-hybridized carbons (Fsp3) is 1.00. The van der Waals surface area contributed by atoms with E-state index in [0.29, 0.717) is 19.7 Å². The third kappa shape index (κ3) is 14.1. The molecule has 0 aromatic heterocycles. The zero-order chi connectivity index (χ0) is 18.8. The van der Waals surface area contributed by atoms with Crippen molar-refractivity contribution < 1.29 is 19.7 Å². The molecule has 0 spiro atoms. The number of hydrogen-bond acceptors (Lipinski definition) is 6. The molecular formula is C16H40N2O4Si. The fourth-order valence-corrected chi connectivity index (χ4v) is 2.52. The smallest absolute Gasteiger partial charge is 0.192 e. The molecule has 7 heteroatoms. The predicted octanol–water partition coefficient (Wildman–Crippen LogP) is 0.832. The zero-order valence-electron chi connectivity index (χ0n) is 16.6. The minimum atomic E-state index is -1.70. The Bertz CT molecular complexity index is 294. The van der Waals surface area contributed by atoms with Gasteiger partial charge in [0.2, 0.25) is 0 Å². The number of aliphatic hydroxyl groups is 3. The minimum Gasteiger partial charge on any atom is -0.414 e. The Labute approximate surface area is 144 Å². The first kappa shape index (κ1) is 25.2. The first-order chi connectivity index (χ1) is 10.2. The Balaban J connectivity index is 0. The monoisotopic (exact) mass is 352 g/mol. The van der Waals surface area contributed by atoms with Gasteiger partial charge in [0.1, 0.15) is 0 Å². The normalized spacial score (nSPS) is 15.4. The van der Waals surface area contributed by atoms with E-state index < -0.39 is 14.4 Å². The average Bonchev–Trinajstić information content (AvgIpc) is 2.34. The second kappa shape index (κ2) is 11.5. The van der Waals surface area contributed by atoms with Gasteiger partial charge in [-0.3, -0.25) is 0 Å². The maximum absolute atomic E-state index is 9.70. The number of hydrogen-bond donors (Lipinski definition) is 3. The summed E-state index contributed by atoms with van der Waals surface area (Å²) in [6.45, 7) is 12.5. The lowest BCUT2D eigenvalue weighted by atomic mass is 10.2.